The van der Waals surface area contributed by atoms with Gasteiger partial charge in [0.25, 0.3) is 5.69 Å². The van der Waals surface area contributed by atoms with Gasteiger partial charge in [0.05, 0.1) is 28.5 Å². The van der Waals surface area contributed by atoms with Gasteiger partial charge in [0.15, 0.2) is 0 Å². The first kappa shape index (κ1) is 19.7. The number of methoxy groups -OCH3 is 1. The van der Waals surface area contributed by atoms with E-state index in [9.17, 15) is 23.3 Å². The van der Waals surface area contributed by atoms with Crippen LogP contribution >= 0.6 is 0 Å². The molecular weight excluding hydrogens is 384 g/mol. The van der Waals surface area contributed by atoms with Crippen LogP contribution in [0.4, 0.5) is 5.69 Å². The minimum Gasteiger partial charge on any atom is -0.466 e. The van der Waals surface area contributed by atoms with Crippen LogP contribution in [-0.2, 0) is 19.6 Å². The number of esters is 1. The molecule has 0 aromatic heterocycles. The molecule has 146 valence electrons. The number of nitro benzene ring substituents is 1. The third-order valence-corrected chi connectivity index (χ3v) is 6.39. The fourth-order valence-corrected chi connectivity index (χ4v) is 4.61. The van der Waals surface area contributed by atoms with Gasteiger partial charge >= 0.3 is 5.97 Å². The zero-order chi connectivity index (χ0) is 20.5. The van der Waals surface area contributed by atoms with Crippen LogP contribution < -0.4 is 0 Å². The van der Waals surface area contributed by atoms with Crippen molar-refractivity contribution in [2.45, 2.75) is 17.9 Å². The van der Waals surface area contributed by atoms with Crippen LogP contribution in [0.3, 0.4) is 0 Å². The summed E-state index contributed by atoms with van der Waals surface area (Å²) in [5.41, 5.74) is 1.40. The molecule has 1 atom stereocenters. The summed E-state index contributed by atoms with van der Waals surface area (Å²) < 4.78 is 32.4. The first-order valence-electron chi connectivity index (χ1n) is 8.37. The monoisotopic (exact) mass is 402 g/mol. The van der Waals surface area contributed by atoms with E-state index in [2.05, 4.69) is 0 Å². The van der Waals surface area contributed by atoms with E-state index >= 15 is 0 Å². The van der Waals surface area contributed by atoms with Crippen molar-refractivity contribution in [2.75, 3.05) is 13.7 Å². The van der Waals surface area contributed by atoms with Crippen molar-refractivity contribution in [3.05, 3.63) is 81.4 Å². The van der Waals surface area contributed by atoms with Gasteiger partial charge in [-0.25, -0.2) is 13.2 Å². The fourth-order valence-electron chi connectivity index (χ4n) is 3.08. The van der Waals surface area contributed by atoms with Crippen molar-refractivity contribution in [2.24, 2.45) is 0 Å². The highest BCUT2D eigenvalue weighted by molar-refractivity contribution is 7.89. The number of carbonyl (C=O) groups excluding carboxylic acids is 1. The number of hydrogen-bond donors (Lipinski definition) is 0. The maximum atomic E-state index is 13.2. The first-order valence-corrected chi connectivity index (χ1v) is 9.81. The molecule has 9 heteroatoms. The summed E-state index contributed by atoms with van der Waals surface area (Å²) in [7, 11) is -2.70. The lowest BCUT2D eigenvalue weighted by molar-refractivity contribution is -0.384. The molecule has 8 nitrogen and oxygen atoms in total. The van der Waals surface area contributed by atoms with E-state index < -0.39 is 27.0 Å². The second kappa shape index (κ2) is 7.53. The second-order valence-corrected chi connectivity index (χ2v) is 8.18. The number of carbonyl (C=O) groups is 1. The molecule has 1 unspecified atom stereocenters. The van der Waals surface area contributed by atoms with Crippen molar-refractivity contribution in [1.82, 2.24) is 4.31 Å². The molecule has 0 saturated heterocycles. The van der Waals surface area contributed by atoms with Gasteiger partial charge in [0.1, 0.15) is 0 Å². The largest absolute Gasteiger partial charge is 0.466 e. The quantitative estimate of drug-likeness (QED) is 0.432. The molecule has 0 N–H and O–H groups in total. The number of nitro groups is 1. The molecule has 0 bridgehead atoms. The standard InChI is InChI=1S/C19H18N2O6S/c1-13-3-9-16(10-4-13)28(25,26)20-12-11-17(19(22)27-2)18(20)14-5-7-15(8-6-14)21(23)24/h3-11,18H,12H2,1-2H3. The Labute approximate surface area is 162 Å². The molecule has 1 heterocycles. The normalized spacial score (nSPS) is 17.2. The van der Waals surface area contributed by atoms with Crippen molar-refractivity contribution < 1.29 is 22.9 Å². The van der Waals surface area contributed by atoms with Crippen molar-refractivity contribution >= 4 is 21.7 Å². The lowest BCUT2D eigenvalue weighted by Gasteiger charge is -2.26. The molecule has 0 amide bonds. The Bertz CT molecular complexity index is 1040. The van der Waals surface area contributed by atoms with Gasteiger partial charge in [-0.15, -0.1) is 0 Å². The van der Waals surface area contributed by atoms with Crippen LogP contribution in [0.25, 0.3) is 0 Å². The average Bonchev–Trinajstić information content (AvgIpc) is 3.13. The molecule has 0 saturated carbocycles. The zero-order valence-electron chi connectivity index (χ0n) is 15.2. The van der Waals surface area contributed by atoms with Crippen LogP contribution in [0.5, 0.6) is 0 Å². The number of non-ortho nitro benzene ring substituents is 1. The van der Waals surface area contributed by atoms with Gasteiger partial charge in [0.2, 0.25) is 10.0 Å². The van der Waals surface area contributed by atoms with Crippen LogP contribution in [-0.4, -0.2) is 37.3 Å². The Morgan fingerprint density at radius 1 is 1.14 bits per heavy atom. The smallest absolute Gasteiger partial charge is 0.335 e. The van der Waals surface area contributed by atoms with Crippen LogP contribution in [0, 0.1) is 17.0 Å². The molecule has 0 radical (unpaired) electrons. The molecule has 0 fully saturated rings. The van der Waals surface area contributed by atoms with E-state index in [1.165, 1.54) is 53.9 Å². The van der Waals surface area contributed by atoms with Crippen LogP contribution in [0.1, 0.15) is 17.2 Å². The number of nitrogens with zero attached hydrogens (tertiary/aromatic N) is 2. The Kier molecular flexibility index (Phi) is 5.30. The summed E-state index contributed by atoms with van der Waals surface area (Å²) in [4.78, 5) is 22.7. The Hall–Kier alpha value is -3.04. The highest BCUT2D eigenvalue weighted by atomic mass is 32.2. The maximum absolute atomic E-state index is 13.2. The summed E-state index contributed by atoms with van der Waals surface area (Å²) in [5, 5.41) is 10.9. The first-order chi connectivity index (χ1) is 13.3. The van der Waals surface area contributed by atoms with E-state index in [0.29, 0.717) is 5.56 Å². The van der Waals surface area contributed by atoms with E-state index in [-0.39, 0.29) is 22.7 Å². The molecular formula is C19H18N2O6S. The predicted octanol–water partition coefficient (Wildman–Crippen LogP) is 2.75. The highest BCUT2D eigenvalue weighted by Crippen LogP contribution is 2.38. The van der Waals surface area contributed by atoms with Gasteiger partial charge in [-0.1, -0.05) is 35.9 Å². The minimum atomic E-state index is -3.91. The highest BCUT2D eigenvalue weighted by Gasteiger charge is 2.41. The Morgan fingerprint density at radius 3 is 2.29 bits per heavy atom. The summed E-state index contributed by atoms with van der Waals surface area (Å²) >= 11 is 0. The lowest BCUT2D eigenvalue weighted by Crippen LogP contribution is -2.33. The van der Waals surface area contributed by atoms with Crippen molar-refractivity contribution in [1.29, 1.82) is 0 Å². The number of benzene rings is 2. The van der Waals surface area contributed by atoms with E-state index in [4.69, 9.17) is 4.74 Å². The predicted molar refractivity (Wildman–Crippen MR) is 101 cm³/mol. The Balaban J connectivity index is 2.06. The molecule has 1 aliphatic heterocycles. The number of ether oxygens (including phenoxy) is 1. The summed E-state index contributed by atoms with van der Waals surface area (Å²) in [6.07, 6.45) is 1.50. The van der Waals surface area contributed by atoms with Gasteiger partial charge in [-0.2, -0.15) is 4.31 Å². The topological polar surface area (TPSA) is 107 Å². The van der Waals surface area contributed by atoms with Crippen LogP contribution in [0.2, 0.25) is 0 Å². The SMILES string of the molecule is COC(=O)C1=CCN(S(=O)(=O)c2ccc(C)cc2)C1c1ccc([N+](=O)[O-])cc1. The van der Waals surface area contributed by atoms with E-state index in [0.717, 1.165) is 5.56 Å². The molecule has 3 rings (SSSR count). The molecule has 1 aliphatic rings. The van der Waals surface area contributed by atoms with E-state index in [1.54, 1.807) is 12.1 Å². The molecule has 2 aromatic rings. The maximum Gasteiger partial charge on any atom is 0.335 e. The van der Waals surface area contributed by atoms with Gasteiger partial charge in [-0.05, 0) is 24.6 Å². The third kappa shape index (κ3) is 3.54. The van der Waals surface area contributed by atoms with Crippen molar-refractivity contribution in [3.63, 3.8) is 0 Å². The number of hydrogen-bond acceptors (Lipinski definition) is 6. The number of sulfonamides is 1. The average molecular weight is 402 g/mol. The van der Waals surface area contributed by atoms with Gasteiger partial charge in [-0.3, -0.25) is 10.1 Å². The summed E-state index contributed by atoms with van der Waals surface area (Å²) in [5.74, 6) is -0.648. The second-order valence-electron chi connectivity index (χ2n) is 6.29. The molecule has 0 spiro atoms. The number of aryl methyl sites for hydroxylation is 1. The zero-order valence-corrected chi connectivity index (χ0v) is 16.0. The minimum absolute atomic E-state index is 0.0116. The molecule has 0 aliphatic carbocycles. The lowest BCUT2D eigenvalue weighted by atomic mass is 10.0. The summed E-state index contributed by atoms with van der Waals surface area (Å²) in [6.45, 7) is 1.84. The molecule has 28 heavy (non-hydrogen) atoms. The third-order valence-electron chi connectivity index (χ3n) is 4.54. The van der Waals surface area contributed by atoms with Gasteiger partial charge < -0.3 is 4.74 Å². The van der Waals surface area contributed by atoms with Gasteiger partial charge in [0, 0.05) is 18.7 Å². The van der Waals surface area contributed by atoms with Crippen LogP contribution in [0.15, 0.2) is 65.1 Å². The summed E-state index contributed by atoms with van der Waals surface area (Å²) in [6, 6.07) is 10.9. The molecule has 2 aromatic carbocycles. The fraction of sp³-hybridized carbons (Fsp3) is 0.211. The number of rotatable bonds is 5. The van der Waals surface area contributed by atoms with Crippen molar-refractivity contribution in [3.8, 4) is 0 Å². The van der Waals surface area contributed by atoms with E-state index in [1.807, 2.05) is 6.92 Å². The Morgan fingerprint density at radius 2 is 1.75 bits per heavy atom.